The summed E-state index contributed by atoms with van der Waals surface area (Å²) in [5.41, 5.74) is 2.88. The number of hydrogen-bond donors (Lipinski definition) is 1. The van der Waals surface area contributed by atoms with E-state index in [4.69, 9.17) is 0 Å². The van der Waals surface area contributed by atoms with Crippen molar-refractivity contribution in [3.8, 4) is 0 Å². The highest BCUT2D eigenvalue weighted by molar-refractivity contribution is 7.00. The maximum Gasteiger partial charge on any atom is 0.240 e. The van der Waals surface area contributed by atoms with Crippen LogP contribution in [0.2, 0.25) is 0 Å². The van der Waals surface area contributed by atoms with E-state index in [2.05, 4.69) is 31.1 Å². The molecular formula is C14H16N4OS. The minimum absolute atomic E-state index is 0.214. The Morgan fingerprint density at radius 3 is 2.95 bits per heavy atom. The lowest BCUT2D eigenvalue weighted by atomic mass is 9.73. The topological polar surface area (TPSA) is 58.1 Å². The average molecular weight is 288 g/mol. The number of nitrogens with zero attached hydrogens (tertiary/aromatic N) is 3. The van der Waals surface area contributed by atoms with Crippen molar-refractivity contribution >= 4 is 28.7 Å². The third kappa shape index (κ3) is 1.75. The van der Waals surface area contributed by atoms with E-state index in [0.717, 1.165) is 49.9 Å². The second-order valence-corrected chi connectivity index (χ2v) is 6.18. The van der Waals surface area contributed by atoms with Crippen LogP contribution in [0.4, 0.5) is 0 Å². The van der Waals surface area contributed by atoms with Crippen LogP contribution in [0.25, 0.3) is 11.0 Å². The van der Waals surface area contributed by atoms with E-state index in [9.17, 15) is 4.79 Å². The van der Waals surface area contributed by atoms with E-state index in [0.29, 0.717) is 0 Å². The van der Waals surface area contributed by atoms with Crippen molar-refractivity contribution in [2.45, 2.75) is 31.3 Å². The Labute approximate surface area is 121 Å². The van der Waals surface area contributed by atoms with Crippen LogP contribution in [0.5, 0.6) is 0 Å². The van der Waals surface area contributed by atoms with Gasteiger partial charge >= 0.3 is 0 Å². The van der Waals surface area contributed by atoms with Crippen molar-refractivity contribution in [3.05, 3.63) is 23.8 Å². The van der Waals surface area contributed by atoms with Crippen molar-refractivity contribution in [1.82, 2.24) is 19.0 Å². The third-order valence-corrected chi connectivity index (χ3v) is 5.12. The van der Waals surface area contributed by atoms with E-state index in [1.54, 1.807) is 0 Å². The van der Waals surface area contributed by atoms with Gasteiger partial charge in [0.2, 0.25) is 5.91 Å². The quantitative estimate of drug-likeness (QED) is 0.911. The minimum atomic E-state index is -0.243. The molecule has 1 N–H and O–H groups in total. The predicted octanol–water partition coefficient (Wildman–Crippen LogP) is 1.55. The zero-order valence-corrected chi connectivity index (χ0v) is 11.9. The lowest BCUT2D eigenvalue weighted by molar-refractivity contribution is -0.145. The van der Waals surface area contributed by atoms with Crippen LogP contribution >= 0.6 is 11.7 Å². The van der Waals surface area contributed by atoms with Crippen LogP contribution in [0.1, 0.15) is 24.8 Å². The molecule has 2 fully saturated rings. The zero-order chi connectivity index (χ0) is 13.6. The molecular weight excluding hydrogens is 272 g/mol. The number of carbonyl (C=O) groups excluding carboxylic acids is 1. The Bertz CT molecular complexity index is 664. The first-order chi connectivity index (χ1) is 9.78. The van der Waals surface area contributed by atoms with E-state index in [-0.39, 0.29) is 11.4 Å². The fourth-order valence-electron chi connectivity index (χ4n) is 3.26. The molecule has 1 spiro atoms. The van der Waals surface area contributed by atoms with Gasteiger partial charge in [-0.2, -0.15) is 8.75 Å². The number of nitrogens with one attached hydrogen (secondary N) is 1. The van der Waals surface area contributed by atoms with Gasteiger partial charge in [0.15, 0.2) is 0 Å². The maximum atomic E-state index is 12.2. The molecule has 1 saturated carbocycles. The number of benzene rings is 1. The van der Waals surface area contributed by atoms with Crippen LogP contribution in [-0.2, 0) is 11.3 Å². The number of aromatic nitrogens is 2. The van der Waals surface area contributed by atoms with E-state index < -0.39 is 0 Å². The molecule has 1 aromatic heterocycles. The molecule has 6 heteroatoms. The Balaban J connectivity index is 1.62. The van der Waals surface area contributed by atoms with Gasteiger partial charge in [-0.25, -0.2) is 0 Å². The summed E-state index contributed by atoms with van der Waals surface area (Å²) in [6.07, 6.45) is 3.12. The van der Waals surface area contributed by atoms with Crippen LogP contribution in [0, 0.1) is 0 Å². The minimum Gasteiger partial charge on any atom is -0.353 e. The smallest absolute Gasteiger partial charge is 0.240 e. The fourth-order valence-corrected chi connectivity index (χ4v) is 3.78. The van der Waals surface area contributed by atoms with E-state index in [1.807, 2.05) is 6.07 Å². The molecule has 20 heavy (non-hydrogen) atoms. The Kier molecular flexibility index (Phi) is 2.75. The summed E-state index contributed by atoms with van der Waals surface area (Å²) in [7, 11) is 0. The normalized spacial score (nSPS) is 21.9. The van der Waals surface area contributed by atoms with Gasteiger partial charge in [-0.05, 0) is 37.0 Å². The predicted molar refractivity (Wildman–Crippen MR) is 77.4 cm³/mol. The summed E-state index contributed by atoms with van der Waals surface area (Å²) in [6.45, 7) is 2.50. The van der Waals surface area contributed by atoms with Crippen LogP contribution in [0.15, 0.2) is 18.2 Å². The maximum absolute atomic E-state index is 12.2. The number of rotatable bonds is 2. The van der Waals surface area contributed by atoms with Gasteiger partial charge in [-0.3, -0.25) is 9.69 Å². The SMILES string of the molecule is O=C1NCCN(Cc2ccc3nsnc3c2)C12CCC2. The molecule has 1 aromatic carbocycles. The lowest BCUT2D eigenvalue weighted by Gasteiger charge is -2.51. The molecule has 2 heterocycles. The summed E-state index contributed by atoms with van der Waals surface area (Å²) < 4.78 is 8.52. The monoisotopic (exact) mass is 288 g/mol. The van der Waals surface area contributed by atoms with Gasteiger partial charge in [0, 0.05) is 19.6 Å². The summed E-state index contributed by atoms with van der Waals surface area (Å²) in [6, 6.07) is 6.21. The summed E-state index contributed by atoms with van der Waals surface area (Å²) in [5.74, 6) is 0.214. The molecule has 0 atom stereocenters. The largest absolute Gasteiger partial charge is 0.353 e. The second kappa shape index (κ2) is 4.49. The number of amides is 1. The average Bonchev–Trinajstić information content (AvgIpc) is 2.84. The summed E-state index contributed by atoms with van der Waals surface area (Å²) in [4.78, 5) is 14.5. The van der Waals surface area contributed by atoms with Crippen LogP contribution in [0.3, 0.4) is 0 Å². The number of piperazine rings is 1. The zero-order valence-electron chi connectivity index (χ0n) is 11.1. The number of carbonyl (C=O) groups is 1. The summed E-state index contributed by atoms with van der Waals surface area (Å²) in [5, 5.41) is 3.01. The molecule has 104 valence electrons. The van der Waals surface area contributed by atoms with Gasteiger partial charge < -0.3 is 5.32 Å². The standard InChI is InChI=1S/C14H16N4OS/c19-13-14(4-1-5-14)18(7-6-15-13)9-10-2-3-11-12(8-10)17-20-16-11/h2-3,8H,1,4-7,9H2,(H,15,19). The van der Waals surface area contributed by atoms with E-state index >= 15 is 0 Å². The number of hydrogen-bond acceptors (Lipinski definition) is 5. The molecule has 1 aliphatic heterocycles. The molecule has 1 saturated heterocycles. The van der Waals surface area contributed by atoms with Gasteiger partial charge in [-0.1, -0.05) is 6.07 Å². The van der Waals surface area contributed by atoms with Crippen LogP contribution < -0.4 is 5.32 Å². The first kappa shape index (κ1) is 12.2. The Morgan fingerprint density at radius 2 is 2.15 bits per heavy atom. The highest BCUT2D eigenvalue weighted by atomic mass is 32.1. The molecule has 1 aliphatic carbocycles. The van der Waals surface area contributed by atoms with Crippen LogP contribution in [-0.4, -0.2) is 38.2 Å². The number of fused-ring (bicyclic) bond motifs is 1. The fraction of sp³-hybridized carbons (Fsp3) is 0.500. The first-order valence-electron chi connectivity index (χ1n) is 7.02. The summed E-state index contributed by atoms with van der Waals surface area (Å²) >= 11 is 1.25. The van der Waals surface area contributed by atoms with Gasteiger partial charge in [-0.15, -0.1) is 0 Å². The van der Waals surface area contributed by atoms with Crippen molar-refractivity contribution in [2.75, 3.05) is 13.1 Å². The molecule has 2 aromatic rings. The van der Waals surface area contributed by atoms with Gasteiger partial charge in [0.05, 0.1) is 11.7 Å². The van der Waals surface area contributed by atoms with Crippen molar-refractivity contribution in [2.24, 2.45) is 0 Å². The highest BCUT2D eigenvalue weighted by Crippen LogP contribution is 2.40. The third-order valence-electron chi connectivity index (χ3n) is 4.57. The molecule has 5 nitrogen and oxygen atoms in total. The van der Waals surface area contributed by atoms with E-state index in [1.165, 1.54) is 17.3 Å². The van der Waals surface area contributed by atoms with Gasteiger partial charge in [0.25, 0.3) is 0 Å². The molecule has 0 unspecified atom stereocenters. The Morgan fingerprint density at radius 1 is 1.30 bits per heavy atom. The molecule has 0 radical (unpaired) electrons. The van der Waals surface area contributed by atoms with Gasteiger partial charge in [0.1, 0.15) is 16.6 Å². The highest BCUT2D eigenvalue weighted by Gasteiger charge is 2.50. The van der Waals surface area contributed by atoms with Crippen molar-refractivity contribution in [3.63, 3.8) is 0 Å². The molecule has 4 rings (SSSR count). The Hall–Kier alpha value is -1.53. The van der Waals surface area contributed by atoms with Crippen molar-refractivity contribution < 1.29 is 4.79 Å². The first-order valence-corrected chi connectivity index (χ1v) is 7.76. The lowest BCUT2D eigenvalue weighted by Crippen LogP contribution is -2.67. The van der Waals surface area contributed by atoms with Crippen molar-refractivity contribution in [1.29, 1.82) is 0 Å². The molecule has 1 amide bonds. The second-order valence-electron chi connectivity index (χ2n) is 5.65. The molecule has 2 aliphatic rings. The molecule has 0 bridgehead atoms.